The fourth-order valence-electron chi connectivity index (χ4n) is 2.07. The maximum atomic E-state index is 12.6. The molecule has 0 saturated heterocycles. The van der Waals surface area contributed by atoms with Crippen LogP contribution in [0.2, 0.25) is 0 Å². The zero-order chi connectivity index (χ0) is 17.9. The Kier molecular flexibility index (Phi) is 4.38. The monoisotopic (exact) mass is 345 g/mol. The van der Waals surface area contributed by atoms with Crippen molar-refractivity contribution in [3.63, 3.8) is 0 Å². The number of hydrogen-bond donors (Lipinski definition) is 1. The molecule has 0 atom stereocenters. The van der Waals surface area contributed by atoms with E-state index in [-0.39, 0.29) is 11.1 Å². The maximum absolute atomic E-state index is 12.6. The van der Waals surface area contributed by atoms with Crippen LogP contribution in [-0.2, 0) is 6.18 Å². The highest BCUT2D eigenvalue weighted by Crippen LogP contribution is 2.29. The summed E-state index contributed by atoms with van der Waals surface area (Å²) in [6, 6.07) is 4.97. The topological polar surface area (TPSA) is 80.7 Å². The first-order valence-electron chi connectivity index (χ1n) is 6.99. The number of alkyl halides is 3. The number of aromatic nitrogens is 4. The van der Waals surface area contributed by atoms with Crippen LogP contribution in [0.15, 0.2) is 49.2 Å². The summed E-state index contributed by atoms with van der Waals surface area (Å²) in [6.07, 6.45) is 2.49. The van der Waals surface area contributed by atoms with Crippen LogP contribution < -0.4 is 5.32 Å². The number of anilines is 2. The van der Waals surface area contributed by atoms with Crippen LogP contribution in [0.25, 0.3) is 11.1 Å². The molecule has 0 radical (unpaired) electrons. The Bertz CT molecular complexity index is 883. The van der Waals surface area contributed by atoms with Crippen molar-refractivity contribution >= 4 is 17.8 Å². The Morgan fingerprint density at radius 2 is 1.68 bits per heavy atom. The second-order valence-electron chi connectivity index (χ2n) is 4.93. The number of rotatable bonds is 4. The smallest absolute Gasteiger partial charge is 0.340 e. The fourth-order valence-corrected chi connectivity index (χ4v) is 2.07. The number of aldehydes is 1. The first-order chi connectivity index (χ1) is 12.0. The largest absolute Gasteiger partial charge is 0.451 e. The van der Waals surface area contributed by atoms with Gasteiger partial charge in [-0.1, -0.05) is 0 Å². The number of nitrogens with one attached hydrogen (secondary N) is 1. The van der Waals surface area contributed by atoms with E-state index in [1.165, 1.54) is 12.3 Å². The summed E-state index contributed by atoms with van der Waals surface area (Å²) in [5.74, 6) is -0.834. The quantitative estimate of drug-likeness (QED) is 0.729. The van der Waals surface area contributed by atoms with Gasteiger partial charge in [0.25, 0.3) is 0 Å². The van der Waals surface area contributed by atoms with E-state index >= 15 is 0 Å². The maximum Gasteiger partial charge on any atom is 0.451 e. The lowest BCUT2D eigenvalue weighted by Gasteiger charge is -2.10. The molecule has 6 nitrogen and oxygen atoms in total. The number of halogens is 3. The zero-order valence-electron chi connectivity index (χ0n) is 12.5. The minimum atomic E-state index is -4.63. The minimum Gasteiger partial charge on any atom is -0.340 e. The van der Waals surface area contributed by atoms with Crippen LogP contribution in [0, 0.1) is 0 Å². The Morgan fingerprint density at radius 3 is 2.28 bits per heavy atom. The van der Waals surface area contributed by atoms with Gasteiger partial charge in [0.05, 0.1) is 0 Å². The van der Waals surface area contributed by atoms with Gasteiger partial charge in [0.15, 0.2) is 6.29 Å². The standard InChI is InChI=1S/C16H10F3N5O/c17-16(18,19)15-22-6-10(7-23-15)13-5-14(21-8-11(13)9-25)24-12-1-3-20-4-2-12/h1-9H,(H,20,21,24). The lowest BCUT2D eigenvalue weighted by Crippen LogP contribution is -2.10. The Balaban J connectivity index is 1.96. The first-order valence-corrected chi connectivity index (χ1v) is 6.99. The molecule has 0 unspecified atom stereocenters. The number of carbonyl (C=O) groups excluding carboxylic acids is 1. The van der Waals surface area contributed by atoms with E-state index in [0.29, 0.717) is 17.7 Å². The summed E-state index contributed by atoms with van der Waals surface area (Å²) < 4.78 is 37.7. The van der Waals surface area contributed by atoms with Gasteiger partial charge in [0.1, 0.15) is 5.82 Å². The predicted octanol–water partition coefficient (Wildman–Crippen LogP) is 3.51. The van der Waals surface area contributed by atoms with Crippen LogP contribution in [-0.4, -0.2) is 26.2 Å². The van der Waals surface area contributed by atoms with Crippen molar-refractivity contribution in [2.75, 3.05) is 5.32 Å². The number of pyridine rings is 2. The van der Waals surface area contributed by atoms with Gasteiger partial charge in [0.2, 0.25) is 5.82 Å². The third kappa shape index (κ3) is 3.77. The van der Waals surface area contributed by atoms with Crippen molar-refractivity contribution in [1.82, 2.24) is 19.9 Å². The molecule has 9 heteroatoms. The molecule has 25 heavy (non-hydrogen) atoms. The molecule has 0 aliphatic rings. The van der Waals surface area contributed by atoms with E-state index in [0.717, 1.165) is 18.1 Å². The second-order valence-corrected chi connectivity index (χ2v) is 4.93. The van der Waals surface area contributed by atoms with Gasteiger partial charge in [-0.3, -0.25) is 9.78 Å². The van der Waals surface area contributed by atoms with Crippen LogP contribution in [0.1, 0.15) is 16.2 Å². The highest BCUT2D eigenvalue weighted by molar-refractivity contribution is 5.88. The van der Waals surface area contributed by atoms with E-state index in [1.54, 1.807) is 24.5 Å². The molecule has 0 bridgehead atoms. The van der Waals surface area contributed by atoms with Crippen LogP contribution in [0.4, 0.5) is 24.7 Å². The van der Waals surface area contributed by atoms with E-state index in [4.69, 9.17) is 0 Å². The summed E-state index contributed by atoms with van der Waals surface area (Å²) in [4.78, 5) is 25.8. The fraction of sp³-hybridized carbons (Fsp3) is 0.0625. The molecular weight excluding hydrogens is 335 g/mol. The minimum absolute atomic E-state index is 0.212. The summed E-state index contributed by atoms with van der Waals surface area (Å²) in [5, 5.41) is 3.01. The Morgan fingerprint density at radius 1 is 1.00 bits per heavy atom. The summed E-state index contributed by atoms with van der Waals surface area (Å²) in [6.45, 7) is 0. The van der Waals surface area contributed by atoms with Gasteiger partial charge in [0, 0.05) is 53.4 Å². The normalized spacial score (nSPS) is 11.2. The molecule has 0 aliphatic heterocycles. The molecule has 0 aliphatic carbocycles. The van der Waals surface area contributed by atoms with Gasteiger partial charge >= 0.3 is 6.18 Å². The van der Waals surface area contributed by atoms with Gasteiger partial charge in [-0.2, -0.15) is 13.2 Å². The lowest BCUT2D eigenvalue weighted by molar-refractivity contribution is -0.144. The molecule has 3 aromatic rings. The van der Waals surface area contributed by atoms with Crippen molar-refractivity contribution in [3.8, 4) is 11.1 Å². The molecule has 0 amide bonds. The van der Waals surface area contributed by atoms with Gasteiger partial charge in [-0.25, -0.2) is 15.0 Å². The van der Waals surface area contributed by atoms with Gasteiger partial charge < -0.3 is 5.32 Å². The molecule has 0 spiro atoms. The van der Waals surface area contributed by atoms with E-state index in [2.05, 4.69) is 25.3 Å². The van der Waals surface area contributed by atoms with Crippen molar-refractivity contribution in [3.05, 3.63) is 60.6 Å². The number of hydrogen-bond acceptors (Lipinski definition) is 6. The van der Waals surface area contributed by atoms with Crippen LogP contribution in [0.3, 0.4) is 0 Å². The molecule has 126 valence electrons. The first kappa shape index (κ1) is 16.5. The second kappa shape index (κ2) is 6.63. The third-order valence-electron chi connectivity index (χ3n) is 3.23. The Labute approximate surface area is 139 Å². The van der Waals surface area contributed by atoms with Gasteiger partial charge in [-0.15, -0.1) is 0 Å². The van der Waals surface area contributed by atoms with Crippen molar-refractivity contribution in [2.24, 2.45) is 0 Å². The third-order valence-corrected chi connectivity index (χ3v) is 3.23. The average Bonchev–Trinajstić information content (AvgIpc) is 2.62. The summed E-state index contributed by atoms with van der Waals surface area (Å²) in [5.41, 5.74) is 1.57. The molecule has 3 aromatic heterocycles. The van der Waals surface area contributed by atoms with Crippen molar-refractivity contribution in [1.29, 1.82) is 0 Å². The van der Waals surface area contributed by atoms with E-state index < -0.39 is 12.0 Å². The summed E-state index contributed by atoms with van der Waals surface area (Å²) >= 11 is 0. The molecule has 0 saturated carbocycles. The highest BCUT2D eigenvalue weighted by atomic mass is 19.4. The number of carbonyl (C=O) groups is 1. The SMILES string of the molecule is O=Cc1cnc(Nc2ccncc2)cc1-c1cnc(C(F)(F)F)nc1. The zero-order valence-corrected chi connectivity index (χ0v) is 12.5. The summed E-state index contributed by atoms with van der Waals surface area (Å²) in [7, 11) is 0. The molecule has 3 heterocycles. The Hall–Kier alpha value is -3.36. The lowest BCUT2D eigenvalue weighted by atomic mass is 10.1. The molecule has 0 fully saturated rings. The predicted molar refractivity (Wildman–Crippen MR) is 83.2 cm³/mol. The van der Waals surface area contributed by atoms with Gasteiger partial charge in [-0.05, 0) is 18.2 Å². The van der Waals surface area contributed by atoms with E-state index in [1.807, 2.05) is 0 Å². The molecule has 3 rings (SSSR count). The molecule has 1 N–H and O–H groups in total. The van der Waals surface area contributed by atoms with Crippen LogP contribution >= 0.6 is 0 Å². The van der Waals surface area contributed by atoms with Crippen molar-refractivity contribution in [2.45, 2.75) is 6.18 Å². The highest BCUT2D eigenvalue weighted by Gasteiger charge is 2.34. The van der Waals surface area contributed by atoms with Crippen LogP contribution in [0.5, 0.6) is 0 Å². The molecular formula is C16H10F3N5O. The average molecular weight is 345 g/mol. The van der Waals surface area contributed by atoms with Crippen molar-refractivity contribution < 1.29 is 18.0 Å². The van der Waals surface area contributed by atoms with E-state index in [9.17, 15) is 18.0 Å². The number of nitrogens with zero attached hydrogens (tertiary/aromatic N) is 4. The molecule has 0 aromatic carbocycles.